The molecule has 206 valence electrons. The quantitative estimate of drug-likeness (QED) is 0.406. The first kappa shape index (κ1) is 27.9. The maximum absolute atomic E-state index is 13.8. The number of alkyl halides is 3. The molecule has 0 N–H and O–H groups in total. The molecule has 0 fully saturated rings. The van der Waals surface area contributed by atoms with E-state index >= 15 is 0 Å². The molecular formula is C28H28F3N3O5. The molecule has 1 aliphatic rings. The minimum Gasteiger partial charge on any atom is -0.466 e. The Balaban J connectivity index is 1.62. The predicted octanol–water partition coefficient (Wildman–Crippen LogP) is 4.57. The second-order valence-corrected chi connectivity index (χ2v) is 9.08. The number of ether oxygens (including phenoxy) is 2. The fraction of sp³-hybridized carbons (Fsp3) is 0.357. The van der Waals surface area contributed by atoms with Gasteiger partial charge in [0, 0.05) is 12.1 Å². The van der Waals surface area contributed by atoms with Crippen molar-refractivity contribution < 1.29 is 32.2 Å². The van der Waals surface area contributed by atoms with Gasteiger partial charge in [0.25, 0.3) is 5.56 Å². The molecule has 8 nitrogen and oxygen atoms in total. The van der Waals surface area contributed by atoms with Crippen LogP contribution in [-0.2, 0) is 27.2 Å². The SMILES string of the molecule is CCOC(=O)CC(OC(=O)N1CCc2c(nc(C)n(C(c3ccccc3)c3ccccc3)c2=O)C1)C(F)(F)F. The van der Waals surface area contributed by atoms with Crippen molar-refractivity contribution in [2.45, 2.75) is 51.6 Å². The van der Waals surface area contributed by atoms with Gasteiger partial charge in [-0.25, -0.2) is 9.78 Å². The molecule has 0 saturated heterocycles. The van der Waals surface area contributed by atoms with Crippen molar-refractivity contribution in [2.75, 3.05) is 13.2 Å². The van der Waals surface area contributed by atoms with Gasteiger partial charge in [-0.3, -0.25) is 14.2 Å². The molecule has 1 atom stereocenters. The second kappa shape index (κ2) is 11.7. The van der Waals surface area contributed by atoms with E-state index in [1.807, 2.05) is 60.7 Å². The number of esters is 1. The number of carbonyl (C=O) groups excluding carboxylic acids is 2. The number of aryl methyl sites for hydroxylation is 1. The number of nitrogens with zero attached hydrogens (tertiary/aromatic N) is 3. The van der Waals surface area contributed by atoms with E-state index < -0.39 is 36.8 Å². The third-order valence-electron chi connectivity index (χ3n) is 6.46. The van der Waals surface area contributed by atoms with E-state index in [0.29, 0.717) is 17.1 Å². The zero-order chi connectivity index (χ0) is 28.2. The average Bonchev–Trinajstić information content (AvgIpc) is 2.91. The molecule has 3 aromatic rings. The summed E-state index contributed by atoms with van der Waals surface area (Å²) in [5.74, 6) is -0.733. The van der Waals surface area contributed by atoms with Gasteiger partial charge in [0.05, 0.1) is 31.3 Å². The zero-order valence-electron chi connectivity index (χ0n) is 21.5. The maximum Gasteiger partial charge on any atom is 0.426 e. The second-order valence-electron chi connectivity index (χ2n) is 9.08. The van der Waals surface area contributed by atoms with Crippen molar-refractivity contribution in [2.24, 2.45) is 0 Å². The van der Waals surface area contributed by atoms with Gasteiger partial charge in [0.1, 0.15) is 5.82 Å². The Morgan fingerprint density at radius 3 is 2.15 bits per heavy atom. The number of carbonyl (C=O) groups is 2. The van der Waals surface area contributed by atoms with Crippen molar-refractivity contribution in [1.82, 2.24) is 14.5 Å². The van der Waals surface area contributed by atoms with Crippen molar-refractivity contribution in [1.29, 1.82) is 0 Å². The molecule has 2 heterocycles. The molecule has 4 rings (SSSR count). The maximum atomic E-state index is 13.8. The van der Waals surface area contributed by atoms with Crippen LogP contribution < -0.4 is 5.56 Å². The number of halogens is 3. The van der Waals surface area contributed by atoms with E-state index in [4.69, 9.17) is 0 Å². The summed E-state index contributed by atoms with van der Waals surface area (Å²) in [6.45, 7) is 2.80. The normalized spacial score (nSPS) is 14.1. The molecule has 0 radical (unpaired) electrons. The summed E-state index contributed by atoms with van der Waals surface area (Å²) in [4.78, 5) is 43.7. The van der Waals surface area contributed by atoms with Gasteiger partial charge in [0.2, 0.25) is 6.10 Å². The predicted molar refractivity (Wildman–Crippen MR) is 135 cm³/mol. The summed E-state index contributed by atoms with van der Waals surface area (Å²) in [5, 5.41) is 0. The van der Waals surface area contributed by atoms with Gasteiger partial charge >= 0.3 is 18.2 Å². The van der Waals surface area contributed by atoms with E-state index in [9.17, 15) is 27.6 Å². The highest BCUT2D eigenvalue weighted by Crippen LogP contribution is 2.29. The van der Waals surface area contributed by atoms with E-state index in [1.165, 1.54) is 6.92 Å². The molecule has 1 unspecified atom stereocenters. The number of amides is 1. The molecule has 0 bridgehead atoms. The standard InChI is InChI=1S/C28H28F3N3O5/c1-3-38-24(35)16-23(28(29,30)31)39-27(37)33-15-14-21-22(17-33)32-18(2)34(26(21)36)25(19-10-6-4-7-11-19)20-12-8-5-9-13-20/h4-13,23,25H,3,14-17H2,1-2H3. The minimum absolute atomic E-state index is 0.0445. The highest BCUT2D eigenvalue weighted by Gasteiger charge is 2.45. The zero-order valence-corrected chi connectivity index (χ0v) is 21.5. The van der Waals surface area contributed by atoms with Crippen LogP contribution in [0.1, 0.15) is 47.6 Å². The Hall–Kier alpha value is -4.15. The number of rotatable bonds is 7. The Labute approximate surface area is 223 Å². The topological polar surface area (TPSA) is 90.7 Å². The summed E-state index contributed by atoms with van der Waals surface area (Å²) in [5.41, 5.74) is 2.18. The Kier molecular flexibility index (Phi) is 8.37. The highest BCUT2D eigenvalue weighted by atomic mass is 19.4. The van der Waals surface area contributed by atoms with Crippen LogP contribution in [0.15, 0.2) is 65.5 Å². The smallest absolute Gasteiger partial charge is 0.426 e. The van der Waals surface area contributed by atoms with Gasteiger partial charge in [-0.1, -0.05) is 60.7 Å². The lowest BCUT2D eigenvalue weighted by atomic mass is 9.97. The lowest BCUT2D eigenvalue weighted by molar-refractivity contribution is -0.211. The third kappa shape index (κ3) is 6.30. The molecule has 2 aromatic carbocycles. The molecule has 1 aromatic heterocycles. The molecule has 0 spiro atoms. The molecule has 39 heavy (non-hydrogen) atoms. The van der Waals surface area contributed by atoms with Crippen molar-refractivity contribution >= 4 is 12.1 Å². The van der Waals surface area contributed by atoms with Gasteiger partial charge in [0.15, 0.2) is 0 Å². The first-order valence-electron chi connectivity index (χ1n) is 12.5. The first-order valence-corrected chi connectivity index (χ1v) is 12.5. The Bertz CT molecular complexity index is 1340. The highest BCUT2D eigenvalue weighted by molar-refractivity contribution is 5.72. The fourth-order valence-electron chi connectivity index (χ4n) is 4.63. The lowest BCUT2D eigenvalue weighted by Crippen LogP contribution is -2.45. The first-order chi connectivity index (χ1) is 18.6. The van der Waals surface area contributed by atoms with Crippen LogP contribution in [0.3, 0.4) is 0 Å². The molecule has 1 aliphatic heterocycles. The molecule has 0 aliphatic carbocycles. The number of benzene rings is 2. The van der Waals surface area contributed by atoms with Gasteiger partial charge in [-0.15, -0.1) is 0 Å². The lowest BCUT2D eigenvalue weighted by Gasteiger charge is -2.31. The van der Waals surface area contributed by atoms with Crippen LogP contribution in [0.25, 0.3) is 0 Å². The number of hydrogen-bond donors (Lipinski definition) is 0. The van der Waals surface area contributed by atoms with E-state index in [1.54, 1.807) is 11.5 Å². The van der Waals surface area contributed by atoms with Crippen LogP contribution in [0.5, 0.6) is 0 Å². The number of fused-ring (bicyclic) bond motifs is 1. The third-order valence-corrected chi connectivity index (χ3v) is 6.46. The van der Waals surface area contributed by atoms with E-state index in [2.05, 4.69) is 14.5 Å². The summed E-state index contributed by atoms with van der Waals surface area (Å²) in [7, 11) is 0. The molecule has 1 amide bonds. The monoisotopic (exact) mass is 543 g/mol. The summed E-state index contributed by atoms with van der Waals surface area (Å²) >= 11 is 0. The summed E-state index contributed by atoms with van der Waals surface area (Å²) in [6, 6.07) is 18.6. The van der Waals surface area contributed by atoms with Crippen LogP contribution >= 0.6 is 0 Å². The molecule has 0 saturated carbocycles. The summed E-state index contributed by atoms with van der Waals surface area (Å²) < 4.78 is 51.2. The molecular weight excluding hydrogens is 515 g/mol. The minimum atomic E-state index is -4.96. The van der Waals surface area contributed by atoms with Crippen molar-refractivity contribution in [3.05, 3.63) is 99.2 Å². The van der Waals surface area contributed by atoms with Gasteiger partial charge in [-0.2, -0.15) is 13.2 Å². The van der Waals surface area contributed by atoms with Gasteiger partial charge in [-0.05, 0) is 31.4 Å². The fourth-order valence-corrected chi connectivity index (χ4v) is 4.63. The van der Waals surface area contributed by atoms with Gasteiger partial charge < -0.3 is 14.4 Å². The van der Waals surface area contributed by atoms with Crippen LogP contribution in [-0.4, -0.2) is 51.9 Å². The van der Waals surface area contributed by atoms with E-state index in [-0.39, 0.29) is 31.7 Å². The Morgan fingerprint density at radius 1 is 1.03 bits per heavy atom. The number of hydrogen-bond acceptors (Lipinski definition) is 6. The summed E-state index contributed by atoms with van der Waals surface area (Å²) in [6.07, 6.45) is -9.91. The number of aromatic nitrogens is 2. The van der Waals surface area contributed by atoms with Crippen LogP contribution in [0.4, 0.5) is 18.0 Å². The average molecular weight is 544 g/mol. The largest absolute Gasteiger partial charge is 0.466 e. The van der Waals surface area contributed by atoms with Crippen LogP contribution in [0, 0.1) is 6.92 Å². The van der Waals surface area contributed by atoms with Crippen molar-refractivity contribution in [3.63, 3.8) is 0 Å². The van der Waals surface area contributed by atoms with Crippen LogP contribution in [0.2, 0.25) is 0 Å². The molecule has 11 heteroatoms. The van der Waals surface area contributed by atoms with Crippen molar-refractivity contribution in [3.8, 4) is 0 Å². The van der Waals surface area contributed by atoms with E-state index in [0.717, 1.165) is 16.0 Å². The Morgan fingerprint density at radius 2 is 1.62 bits per heavy atom.